The van der Waals surface area contributed by atoms with E-state index in [4.69, 9.17) is 11.6 Å². The first-order valence-corrected chi connectivity index (χ1v) is 8.63. The molecule has 126 valence electrons. The van der Waals surface area contributed by atoms with E-state index in [2.05, 4.69) is 15.2 Å². The number of hydrogen-bond acceptors (Lipinski definition) is 4. The third-order valence-corrected chi connectivity index (χ3v) is 5.16. The number of H-pyrrole nitrogens is 1. The summed E-state index contributed by atoms with van der Waals surface area (Å²) in [6, 6.07) is 7.57. The standard InChI is InChI=1S/C17H19ClN4O2/c18-11-4-3-7-13(8-11)22-15-14(16(23)20-17(22)24)9-21(10-19-15)12-5-1-2-6-12/h3-4,7-8,12,19H,1-2,5-6,9-10H2,(H,20,23,24). The molecule has 2 N–H and O–H groups in total. The minimum Gasteiger partial charge on any atom is -0.358 e. The molecule has 0 unspecified atom stereocenters. The predicted molar refractivity (Wildman–Crippen MR) is 94.0 cm³/mol. The second-order valence-corrected chi connectivity index (χ2v) is 6.86. The van der Waals surface area contributed by atoms with Gasteiger partial charge in [-0.2, -0.15) is 0 Å². The zero-order chi connectivity index (χ0) is 16.7. The molecule has 1 aliphatic heterocycles. The van der Waals surface area contributed by atoms with E-state index >= 15 is 0 Å². The first-order valence-electron chi connectivity index (χ1n) is 8.25. The Morgan fingerprint density at radius 2 is 1.96 bits per heavy atom. The Hall–Kier alpha value is -2.05. The molecule has 1 saturated carbocycles. The van der Waals surface area contributed by atoms with E-state index in [9.17, 15) is 9.59 Å². The number of anilines is 1. The van der Waals surface area contributed by atoms with Crippen molar-refractivity contribution in [3.05, 3.63) is 55.7 Å². The quantitative estimate of drug-likeness (QED) is 0.875. The van der Waals surface area contributed by atoms with Crippen molar-refractivity contribution in [2.45, 2.75) is 38.3 Å². The van der Waals surface area contributed by atoms with Gasteiger partial charge >= 0.3 is 5.69 Å². The first kappa shape index (κ1) is 15.5. The number of nitrogens with one attached hydrogen (secondary N) is 2. The number of halogens is 1. The monoisotopic (exact) mass is 346 g/mol. The average molecular weight is 347 g/mol. The van der Waals surface area contributed by atoms with Crippen molar-refractivity contribution in [1.29, 1.82) is 0 Å². The molecule has 0 spiro atoms. The largest absolute Gasteiger partial charge is 0.358 e. The van der Waals surface area contributed by atoms with Gasteiger partial charge in [-0.25, -0.2) is 9.36 Å². The summed E-state index contributed by atoms with van der Waals surface area (Å²) in [5, 5.41) is 3.83. The molecule has 0 atom stereocenters. The number of nitrogens with zero attached hydrogens (tertiary/aromatic N) is 2. The highest BCUT2D eigenvalue weighted by molar-refractivity contribution is 6.30. The molecule has 4 rings (SSSR count). The van der Waals surface area contributed by atoms with Crippen molar-refractivity contribution in [3.63, 3.8) is 0 Å². The van der Waals surface area contributed by atoms with E-state index in [0.29, 0.717) is 41.3 Å². The highest BCUT2D eigenvalue weighted by Crippen LogP contribution is 2.28. The van der Waals surface area contributed by atoms with E-state index in [1.54, 1.807) is 24.3 Å². The molecule has 1 fully saturated rings. The number of fused-ring (bicyclic) bond motifs is 1. The van der Waals surface area contributed by atoms with Crippen LogP contribution in [0.15, 0.2) is 33.9 Å². The lowest BCUT2D eigenvalue weighted by Crippen LogP contribution is -2.46. The van der Waals surface area contributed by atoms with Crippen molar-refractivity contribution in [2.75, 3.05) is 12.0 Å². The highest BCUT2D eigenvalue weighted by Gasteiger charge is 2.29. The van der Waals surface area contributed by atoms with Gasteiger partial charge in [0.25, 0.3) is 5.56 Å². The lowest BCUT2D eigenvalue weighted by atomic mass is 10.1. The van der Waals surface area contributed by atoms with Gasteiger partial charge in [0.1, 0.15) is 5.82 Å². The summed E-state index contributed by atoms with van der Waals surface area (Å²) in [6.45, 7) is 1.20. The van der Waals surface area contributed by atoms with Crippen LogP contribution in [0.25, 0.3) is 5.69 Å². The van der Waals surface area contributed by atoms with Gasteiger partial charge in [-0.15, -0.1) is 0 Å². The lowest BCUT2D eigenvalue weighted by molar-refractivity contribution is 0.195. The maximum atomic E-state index is 12.4. The van der Waals surface area contributed by atoms with Gasteiger partial charge in [0, 0.05) is 17.6 Å². The molecule has 2 aliphatic rings. The van der Waals surface area contributed by atoms with Crippen LogP contribution in [0.2, 0.25) is 5.02 Å². The summed E-state index contributed by atoms with van der Waals surface area (Å²) < 4.78 is 1.49. The third-order valence-electron chi connectivity index (χ3n) is 4.93. The number of aromatic nitrogens is 2. The Labute approximate surface area is 144 Å². The molecule has 1 aliphatic carbocycles. The maximum Gasteiger partial charge on any atom is 0.334 e. The van der Waals surface area contributed by atoms with Crippen LogP contribution < -0.4 is 16.6 Å². The number of aromatic amines is 1. The minimum absolute atomic E-state index is 0.316. The van der Waals surface area contributed by atoms with E-state index in [0.717, 1.165) is 0 Å². The summed E-state index contributed by atoms with van der Waals surface area (Å²) in [7, 11) is 0. The zero-order valence-electron chi connectivity index (χ0n) is 13.2. The Balaban J connectivity index is 1.79. The summed E-state index contributed by atoms with van der Waals surface area (Å²) in [6.07, 6.45) is 4.82. The smallest absolute Gasteiger partial charge is 0.334 e. The second kappa shape index (κ2) is 6.11. The first-order chi connectivity index (χ1) is 11.6. The van der Waals surface area contributed by atoms with Crippen molar-refractivity contribution < 1.29 is 0 Å². The van der Waals surface area contributed by atoms with Crippen LogP contribution in [0.4, 0.5) is 5.82 Å². The van der Waals surface area contributed by atoms with E-state index in [1.165, 1.54) is 30.3 Å². The van der Waals surface area contributed by atoms with Gasteiger partial charge in [-0.1, -0.05) is 30.5 Å². The Morgan fingerprint density at radius 3 is 2.71 bits per heavy atom. The van der Waals surface area contributed by atoms with Crippen molar-refractivity contribution >= 4 is 17.4 Å². The van der Waals surface area contributed by atoms with Crippen LogP contribution in [-0.2, 0) is 6.54 Å². The molecule has 0 bridgehead atoms. The van der Waals surface area contributed by atoms with Crippen molar-refractivity contribution in [3.8, 4) is 5.69 Å². The molecule has 7 heteroatoms. The Kier molecular flexibility index (Phi) is 3.94. The Bertz CT molecular complexity index is 883. The lowest BCUT2D eigenvalue weighted by Gasteiger charge is -2.34. The van der Waals surface area contributed by atoms with Crippen LogP contribution in [0.5, 0.6) is 0 Å². The maximum absolute atomic E-state index is 12.4. The number of rotatable bonds is 2. The minimum atomic E-state index is -0.456. The SMILES string of the molecule is O=c1[nH]c(=O)n(-c2cccc(Cl)c2)c2c1CN(C1CCCC1)CN2. The van der Waals surface area contributed by atoms with Gasteiger partial charge < -0.3 is 5.32 Å². The Morgan fingerprint density at radius 1 is 1.17 bits per heavy atom. The molecular weight excluding hydrogens is 328 g/mol. The molecule has 0 amide bonds. The molecule has 6 nitrogen and oxygen atoms in total. The zero-order valence-corrected chi connectivity index (χ0v) is 14.0. The molecule has 2 heterocycles. The second-order valence-electron chi connectivity index (χ2n) is 6.42. The van der Waals surface area contributed by atoms with Crippen molar-refractivity contribution in [2.24, 2.45) is 0 Å². The molecule has 1 aromatic carbocycles. The predicted octanol–water partition coefficient (Wildman–Crippen LogP) is 2.31. The van der Waals surface area contributed by atoms with Gasteiger partial charge in [-0.05, 0) is 31.0 Å². The average Bonchev–Trinajstić information content (AvgIpc) is 3.09. The third kappa shape index (κ3) is 2.65. The fraction of sp³-hybridized carbons (Fsp3) is 0.412. The van der Waals surface area contributed by atoms with Crippen LogP contribution >= 0.6 is 11.6 Å². The van der Waals surface area contributed by atoms with E-state index in [-0.39, 0.29) is 5.56 Å². The normalized spacial score (nSPS) is 18.4. The van der Waals surface area contributed by atoms with Crippen LogP contribution in [-0.4, -0.2) is 27.2 Å². The van der Waals surface area contributed by atoms with E-state index < -0.39 is 5.69 Å². The van der Waals surface area contributed by atoms with Crippen LogP contribution in [0.3, 0.4) is 0 Å². The number of hydrogen-bond donors (Lipinski definition) is 2. The topological polar surface area (TPSA) is 70.1 Å². The fourth-order valence-electron chi connectivity index (χ4n) is 3.73. The summed E-state index contributed by atoms with van der Waals surface area (Å²) in [4.78, 5) is 29.4. The van der Waals surface area contributed by atoms with E-state index in [1.807, 2.05) is 0 Å². The molecule has 1 aromatic heterocycles. The van der Waals surface area contributed by atoms with Gasteiger partial charge in [-0.3, -0.25) is 14.7 Å². The summed E-state index contributed by atoms with van der Waals surface area (Å²) in [5.74, 6) is 0.570. The summed E-state index contributed by atoms with van der Waals surface area (Å²) in [5.41, 5.74) is 0.473. The van der Waals surface area contributed by atoms with Gasteiger partial charge in [0.15, 0.2) is 0 Å². The number of benzene rings is 1. The van der Waals surface area contributed by atoms with Crippen LogP contribution in [0.1, 0.15) is 31.2 Å². The molecule has 2 aromatic rings. The molecule has 0 radical (unpaired) electrons. The molecular formula is C17H19ClN4O2. The fourth-order valence-corrected chi connectivity index (χ4v) is 3.91. The van der Waals surface area contributed by atoms with Gasteiger partial charge in [0.05, 0.1) is 17.9 Å². The van der Waals surface area contributed by atoms with Gasteiger partial charge in [0.2, 0.25) is 0 Å². The summed E-state index contributed by atoms with van der Waals surface area (Å²) >= 11 is 6.05. The molecule has 0 saturated heterocycles. The van der Waals surface area contributed by atoms with Crippen LogP contribution in [0, 0.1) is 0 Å². The molecule has 24 heavy (non-hydrogen) atoms. The van der Waals surface area contributed by atoms with Crippen molar-refractivity contribution in [1.82, 2.24) is 14.5 Å². The highest BCUT2D eigenvalue weighted by atomic mass is 35.5.